The van der Waals surface area contributed by atoms with Crippen LogP contribution in [0, 0.1) is 17.3 Å². The Hall–Kier alpha value is -1.02. The van der Waals surface area contributed by atoms with Gasteiger partial charge in [0.1, 0.15) is 0 Å². The Morgan fingerprint density at radius 3 is 2.35 bits per heavy atom. The van der Waals surface area contributed by atoms with Gasteiger partial charge in [0.05, 0.1) is 19.3 Å². The molecule has 1 spiro atoms. The zero-order chi connectivity index (χ0) is 17.3. The summed E-state index contributed by atoms with van der Waals surface area (Å²) in [5.41, 5.74) is -0.969. The second-order valence-electron chi connectivity index (χ2n) is 7.55. The molecule has 1 fully saturated rings. The third kappa shape index (κ3) is 3.03. The van der Waals surface area contributed by atoms with Crippen LogP contribution < -0.4 is 0 Å². The summed E-state index contributed by atoms with van der Waals surface area (Å²) in [5, 5.41) is 11.4. The van der Waals surface area contributed by atoms with Crippen LogP contribution in [0.4, 0.5) is 0 Å². The molecule has 1 aliphatic carbocycles. The summed E-state index contributed by atoms with van der Waals surface area (Å²) in [6.07, 6.45) is 2.83. The van der Waals surface area contributed by atoms with Crippen LogP contribution in [0.2, 0.25) is 0 Å². The molecule has 0 radical (unpaired) electrons. The highest BCUT2D eigenvalue weighted by molar-refractivity contribution is 5.54. The van der Waals surface area contributed by atoms with Gasteiger partial charge < -0.3 is 19.3 Å². The Labute approximate surface area is 140 Å². The molecule has 4 heteroatoms. The zero-order valence-corrected chi connectivity index (χ0v) is 15.3. The van der Waals surface area contributed by atoms with Gasteiger partial charge in [-0.3, -0.25) is 0 Å². The molecule has 130 valence electrons. The molecule has 1 atom stereocenters. The molecule has 1 heterocycles. The standard InChI is InChI=1S/C19H30O4/c1-7-8-9-10-11-18(20)15(17(4,5)6)16(23-14(2)3)19(18)21-12-13-22-19/h14,20H,7-9,12-13H2,1-6H3. The summed E-state index contributed by atoms with van der Waals surface area (Å²) in [6.45, 7) is 13.0. The van der Waals surface area contributed by atoms with Crippen molar-refractivity contribution >= 4 is 0 Å². The van der Waals surface area contributed by atoms with Gasteiger partial charge in [-0.15, -0.1) is 0 Å². The Morgan fingerprint density at radius 1 is 1.26 bits per heavy atom. The Balaban J connectivity index is 2.48. The van der Waals surface area contributed by atoms with Crippen LogP contribution in [0.25, 0.3) is 0 Å². The van der Waals surface area contributed by atoms with Gasteiger partial charge in [-0.2, -0.15) is 0 Å². The molecule has 0 amide bonds. The number of hydrogen-bond donors (Lipinski definition) is 1. The summed E-state index contributed by atoms with van der Waals surface area (Å²) < 4.78 is 17.6. The fourth-order valence-corrected chi connectivity index (χ4v) is 3.20. The lowest BCUT2D eigenvalue weighted by molar-refractivity contribution is -0.266. The van der Waals surface area contributed by atoms with Crippen molar-refractivity contribution < 1.29 is 19.3 Å². The minimum absolute atomic E-state index is 0.0235. The van der Waals surface area contributed by atoms with Crippen molar-refractivity contribution in [3.8, 4) is 11.8 Å². The minimum atomic E-state index is -1.44. The van der Waals surface area contributed by atoms with Crippen LogP contribution in [-0.4, -0.2) is 35.8 Å². The maximum absolute atomic E-state index is 11.4. The van der Waals surface area contributed by atoms with Gasteiger partial charge in [-0.1, -0.05) is 46.0 Å². The van der Waals surface area contributed by atoms with Gasteiger partial charge in [0, 0.05) is 12.0 Å². The lowest BCUT2D eigenvalue weighted by Crippen LogP contribution is -2.68. The highest BCUT2D eigenvalue weighted by atomic mass is 16.8. The third-order valence-electron chi connectivity index (χ3n) is 4.09. The molecule has 1 saturated heterocycles. The van der Waals surface area contributed by atoms with Crippen molar-refractivity contribution in [2.24, 2.45) is 5.41 Å². The lowest BCUT2D eigenvalue weighted by atomic mass is 9.62. The van der Waals surface area contributed by atoms with E-state index in [-0.39, 0.29) is 11.5 Å². The fraction of sp³-hybridized carbons (Fsp3) is 0.789. The summed E-state index contributed by atoms with van der Waals surface area (Å²) in [6, 6.07) is 0. The second-order valence-corrected chi connectivity index (χ2v) is 7.55. The van der Waals surface area contributed by atoms with E-state index in [1.54, 1.807) is 0 Å². The normalized spacial score (nSPS) is 26.3. The van der Waals surface area contributed by atoms with Gasteiger partial charge in [-0.25, -0.2) is 0 Å². The first-order valence-corrected chi connectivity index (χ1v) is 8.61. The van der Waals surface area contributed by atoms with E-state index in [9.17, 15) is 5.11 Å². The Morgan fingerprint density at radius 2 is 1.87 bits per heavy atom. The average molecular weight is 322 g/mol. The average Bonchev–Trinajstić information content (AvgIpc) is 2.93. The predicted octanol–water partition coefficient (Wildman–Crippen LogP) is 3.39. The topological polar surface area (TPSA) is 47.9 Å². The number of aliphatic hydroxyl groups is 1. The van der Waals surface area contributed by atoms with Crippen molar-refractivity contribution in [3.05, 3.63) is 11.3 Å². The van der Waals surface area contributed by atoms with Crippen LogP contribution in [-0.2, 0) is 14.2 Å². The van der Waals surface area contributed by atoms with Gasteiger partial charge in [0.15, 0.2) is 5.76 Å². The number of ether oxygens (including phenoxy) is 3. The molecule has 0 aromatic heterocycles. The van der Waals surface area contributed by atoms with Crippen molar-refractivity contribution in [2.75, 3.05) is 13.2 Å². The molecular formula is C19H30O4. The highest BCUT2D eigenvalue weighted by Gasteiger charge is 2.72. The fourth-order valence-electron chi connectivity index (χ4n) is 3.20. The van der Waals surface area contributed by atoms with E-state index in [0.29, 0.717) is 19.0 Å². The monoisotopic (exact) mass is 322 g/mol. The molecule has 2 rings (SSSR count). The largest absolute Gasteiger partial charge is 0.489 e. The van der Waals surface area contributed by atoms with Crippen molar-refractivity contribution in [2.45, 2.75) is 78.3 Å². The summed E-state index contributed by atoms with van der Waals surface area (Å²) in [4.78, 5) is 0. The van der Waals surface area contributed by atoms with Crippen LogP contribution in [0.15, 0.2) is 11.3 Å². The Kier molecular flexibility index (Phi) is 5.15. The first-order valence-electron chi connectivity index (χ1n) is 8.61. The molecule has 0 aromatic carbocycles. The smallest absolute Gasteiger partial charge is 0.274 e. The molecule has 0 bridgehead atoms. The van der Waals surface area contributed by atoms with Gasteiger partial charge in [0.25, 0.3) is 5.79 Å². The number of unbranched alkanes of at least 4 members (excludes halogenated alkanes) is 2. The predicted molar refractivity (Wildman–Crippen MR) is 89.6 cm³/mol. The molecule has 0 aromatic rings. The van der Waals surface area contributed by atoms with Gasteiger partial charge >= 0.3 is 0 Å². The zero-order valence-electron chi connectivity index (χ0n) is 15.3. The summed E-state index contributed by atoms with van der Waals surface area (Å²) >= 11 is 0. The lowest BCUT2D eigenvalue weighted by Gasteiger charge is -2.54. The van der Waals surface area contributed by atoms with E-state index in [2.05, 4.69) is 18.8 Å². The molecule has 2 aliphatic rings. The van der Waals surface area contributed by atoms with Crippen LogP contribution >= 0.6 is 0 Å². The number of rotatable bonds is 4. The molecule has 1 aliphatic heterocycles. The van der Waals surface area contributed by atoms with E-state index in [1.165, 1.54) is 0 Å². The van der Waals surface area contributed by atoms with E-state index in [0.717, 1.165) is 24.8 Å². The van der Waals surface area contributed by atoms with Crippen molar-refractivity contribution in [1.29, 1.82) is 0 Å². The van der Waals surface area contributed by atoms with E-state index < -0.39 is 11.4 Å². The van der Waals surface area contributed by atoms with Crippen LogP contribution in [0.3, 0.4) is 0 Å². The maximum atomic E-state index is 11.4. The number of hydrogen-bond acceptors (Lipinski definition) is 4. The van der Waals surface area contributed by atoms with Crippen molar-refractivity contribution in [3.63, 3.8) is 0 Å². The first-order chi connectivity index (χ1) is 10.7. The van der Waals surface area contributed by atoms with Crippen molar-refractivity contribution in [1.82, 2.24) is 0 Å². The SMILES string of the molecule is CCCCC#CC1(O)C(C(C)(C)C)=C(OC(C)C)C12OCCO2. The Bertz CT molecular complexity index is 524. The molecule has 1 unspecified atom stereocenters. The highest BCUT2D eigenvalue weighted by Crippen LogP contribution is 2.58. The van der Waals surface area contributed by atoms with E-state index >= 15 is 0 Å². The molecule has 1 N–H and O–H groups in total. The quantitative estimate of drug-likeness (QED) is 0.636. The molecule has 0 saturated carbocycles. The van der Waals surface area contributed by atoms with E-state index in [4.69, 9.17) is 14.2 Å². The molecule has 23 heavy (non-hydrogen) atoms. The second kappa shape index (κ2) is 6.47. The molecule has 4 nitrogen and oxygen atoms in total. The van der Waals surface area contributed by atoms with Gasteiger partial charge in [0.2, 0.25) is 5.60 Å². The van der Waals surface area contributed by atoms with E-state index in [1.807, 2.05) is 34.6 Å². The van der Waals surface area contributed by atoms with Crippen LogP contribution in [0.1, 0.15) is 60.8 Å². The summed E-state index contributed by atoms with van der Waals surface area (Å²) in [7, 11) is 0. The minimum Gasteiger partial charge on any atom is -0.489 e. The third-order valence-corrected chi connectivity index (χ3v) is 4.09. The maximum Gasteiger partial charge on any atom is 0.274 e. The van der Waals surface area contributed by atoms with Crippen LogP contribution in [0.5, 0.6) is 0 Å². The first kappa shape index (κ1) is 18.3. The summed E-state index contributed by atoms with van der Waals surface area (Å²) in [5.74, 6) is 5.48. The van der Waals surface area contributed by atoms with Gasteiger partial charge in [-0.05, 0) is 25.7 Å². The molecular weight excluding hydrogens is 292 g/mol.